The first-order valence-electron chi connectivity index (χ1n) is 4.84. The largest absolute Gasteiger partial charge is 0.480 e. The Morgan fingerprint density at radius 3 is 2.59 bits per heavy atom. The van der Waals surface area contributed by atoms with Gasteiger partial charge in [0.25, 0.3) is 10.1 Å². The van der Waals surface area contributed by atoms with Crippen LogP contribution >= 0.6 is 0 Å². The van der Waals surface area contributed by atoms with Crippen LogP contribution in [0, 0.1) is 5.92 Å². The molecule has 96 valence electrons. The average Bonchev–Trinajstić information content (AvgIpc) is 2.54. The number of carboxylic acids is 1. The number of carboxylic acid groups (broad SMARTS) is 1. The van der Waals surface area contributed by atoms with Gasteiger partial charge in [-0.1, -0.05) is 6.08 Å². The molecule has 0 radical (unpaired) electrons. The van der Waals surface area contributed by atoms with Gasteiger partial charge in [-0.3, -0.25) is 9.35 Å². The van der Waals surface area contributed by atoms with Crippen LogP contribution < -0.4 is 0 Å². The van der Waals surface area contributed by atoms with E-state index < -0.39 is 33.8 Å². The third-order valence-corrected chi connectivity index (χ3v) is 3.29. The Hall–Kier alpha value is -1.41. The molecule has 7 nitrogen and oxygen atoms in total. The van der Waals surface area contributed by atoms with Crippen LogP contribution in [0.15, 0.2) is 12.7 Å². The molecule has 2 N–H and O–H groups in total. The van der Waals surface area contributed by atoms with Gasteiger partial charge in [0.1, 0.15) is 11.8 Å². The lowest BCUT2D eigenvalue weighted by molar-refractivity contribution is -0.147. The summed E-state index contributed by atoms with van der Waals surface area (Å²) < 4.78 is 30.0. The van der Waals surface area contributed by atoms with E-state index >= 15 is 0 Å². The molecule has 1 saturated heterocycles. The van der Waals surface area contributed by atoms with Crippen molar-refractivity contribution >= 4 is 22.0 Å². The van der Waals surface area contributed by atoms with E-state index in [-0.39, 0.29) is 18.9 Å². The molecule has 0 aliphatic carbocycles. The van der Waals surface area contributed by atoms with Crippen molar-refractivity contribution in [3.8, 4) is 0 Å². The van der Waals surface area contributed by atoms with Gasteiger partial charge in [0, 0.05) is 18.9 Å². The van der Waals surface area contributed by atoms with Crippen molar-refractivity contribution in [1.82, 2.24) is 4.90 Å². The first kappa shape index (κ1) is 13.7. The maximum atomic E-state index is 11.5. The Labute approximate surface area is 98.5 Å². The lowest BCUT2D eigenvalue weighted by Crippen LogP contribution is -2.46. The van der Waals surface area contributed by atoms with Crippen molar-refractivity contribution in [1.29, 1.82) is 0 Å². The fourth-order valence-electron chi connectivity index (χ4n) is 1.71. The zero-order valence-electron chi connectivity index (χ0n) is 8.94. The van der Waals surface area contributed by atoms with Crippen LogP contribution in [-0.2, 0) is 19.7 Å². The number of likely N-dealkylation sites (tertiary alicyclic amines) is 1. The van der Waals surface area contributed by atoms with Crippen LogP contribution in [-0.4, -0.2) is 53.2 Å². The molecular formula is C9H13NO6S. The molecule has 2 unspecified atom stereocenters. The molecule has 0 aromatic heterocycles. The summed E-state index contributed by atoms with van der Waals surface area (Å²) in [5.41, 5.74) is 0. The number of amides is 1. The molecule has 1 aliphatic heterocycles. The smallest absolute Gasteiger partial charge is 0.327 e. The van der Waals surface area contributed by atoms with E-state index in [1.165, 1.54) is 6.08 Å². The number of hydrogen-bond acceptors (Lipinski definition) is 4. The molecule has 0 aromatic rings. The maximum absolute atomic E-state index is 11.5. The van der Waals surface area contributed by atoms with Crippen molar-refractivity contribution in [3.63, 3.8) is 0 Å². The summed E-state index contributed by atoms with van der Waals surface area (Å²) in [6.07, 6.45) is 1.63. The molecule has 2 atom stereocenters. The third kappa shape index (κ3) is 3.53. The first-order chi connectivity index (χ1) is 7.74. The van der Waals surface area contributed by atoms with Crippen molar-refractivity contribution in [3.05, 3.63) is 12.7 Å². The molecular weight excluding hydrogens is 250 g/mol. The van der Waals surface area contributed by atoms with Gasteiger partial charge < -0.3 is 10.0 Å². The predicted molar refractivity (Wildman–Crippen MR) is 57.9 cm³/mol. The quantitative estimate of drug-likeness (QED) is 0.504. The highest BCUT2D eigenvalue weighted by molar-refractivity contribution is 7.85. The minimum Gasteiger partial charge on any atom is -0.480 e. The molecule has 1 aliphatic rings. The van der Waals surface area contributed by atoms with Crippen LogP contribution in [0.4, 0.5) is 0 Å². The molecule has 0 bridgehead atoms. The maximum Gasteiger partial charge on any atom is 0.327 e. The van der Waals surface area contributed by atoms with Crippen molar-refractivity contribution in [2.75, 3.05) is 12.3 Å². The number of rotatable bonds is 5. The van der Waals surface area contributed by atoms with Crippen molar-refractivity contribution < 1.29 is 27.7 Å². The van der Waals surface area contributed by atoms with Crippen LogP contribution in [0.2, 0.25) is 0 Å². The summed E-state index contributed by atoms with van der Waals surface area (Å²) in [5.74, 6) is -3.10. The highest BCUT2D eigenvalue weighted by Gasteiger charge is 2.38. The van der Waals surface area contributed by atoms with Gasteiger partial charge >= 0.3 is 5.97 Å². The summed E-state index contributed by atoms with van der Waals surface area (Å²) in [5, 5.41) is 8.88. The van der Waals surface area contributed by atoms with Gasteiger partial charge in [0.05, 0.1) is 0 Å². The topological polar surface area (TPSA) is 112 Å². The first-order valence-corrected chi connectivity index (χ1v) is 6.45. The van der Waals surface area contributed by atoms with Crippen LogP contribution in [0.25, 0.3) is 0 Å². The van der Waals surface area contributed by atoms with Gasteiger partial charge in [0.2, 0.25) is 5.91 Å². The van der Waals surface area contributed by atoms with E-state index in [0.717, 1.165) is 4.90 Å². The highest BCUT2D eigenvalue weighted by atomic mass is 32.2. The minimum absolute atomic E-state index is 0.106. The van der Waals surface area contributed by atoms with E-state index in [4.69, 9.17) is 9.66 Å². The monoisotopic (exact) mass is 263 g/mol. The van der Waals surface area contributed by atoms with Crippen molar-refractivity contribution in [2.24, 2.45) is 5.92 Å². The normalized spacial score (nSPS) is 22.5. The van der Waals surface area contributed by atoms with E-state index in [9.17, 15) is 18.0 Å². The van der Waals surface area contributed by atoms with Gasteiger partial charge in [0.15, 0.2) is 0 Å². The summed E-state index contributed by atoms with van der Waals surface area (Å²) in [6.45, 7) is 3.60. The number of carbonyl (C=O) groups is 2. The van der Waals surface area contributed by atoms with E-state index in [0.29, 0.717) is 0 Å². The average molecular weight is 263 g/mol. The van der Waals surface area contributed by atoms with Crippen molar-refractivity contribution in [2.45, 2.75) is 12.5 Å². The molecule has 8 heteroatoms. The predicted octanol–water partition coefficient (Wildman–Crippen LogP) is -0.638. The molecule has 0 saturated carbocycles. The molecule has 1 rings (SSSR count). The Balaban J connectivity index is 2.89. The molecule has 1 fully saturated rings. The minimum atomic E-state index is -4.45. The van der Waals surface area contributed by atoms with Crippen LogP contribution in [0.1, 0.15) is 6.42 Å². The SMILES string of the molecule is C=CC1CC(=O)N(C(CS(=O)(=O)O)C(=O)O)C1. The summed E-state index contributed by atoms with van der Waals surface area (Å²) in [6, 6.07) is -1.55. The van der Waals surface area contributed by atoms with Gasteiger partial charge in [-0.05, 0) is 0 Å². The Bertz CT molecular complexity index is 442. The molecule has 0 aromatic carbocycles. The van der Waals surface area contributed by atoms with Crippen LogP contribution in [0.5, 0.6) is 0 Å². The Kier molecular flexibility index (Phi) is 3.89. The van der Waals surface area contributed by atoms with E-state index in [2.05, 4.69) is 6.58 Å². The van der Waals surface area contributed by atoms with Crippen LogP contribution in [0.3, 0.4) is 0 Å². The van der Waals surface area contributed by atoms with E-state index in [1.807, 2.05) is 0 Å². The number of aliphatic carboxylic acids is 1. The Morgan fingerprint density at radius 2 is 2.24 bits per heavy atom. The Morgan fingerprint density at radius 1 is 1.65 bits per heavy atom. The summed E-state index contributed by atoms with van der Waals surface area (Å²) >= 11 is 0. The lowest BCUT2D eigenvalue weighted by atomic mass is 10.1. The zero-order chi connectivity index (χ0) is 13.2. The molecule has 17 heavy (non-hydrogen) atoms. The van der Waals surface area contributed by atoms with Gasteiger partial charge in [-0.15, -0.1) is 6.58 Å². The number of hydrogen-bond donors (Lipinski definition) is 2. The molecule has 0 spiro atoms. The third-order valence-electron chi connectivity index (χ3n) is 2.55. The standard InChI is InChI=1S/C9H13NO6S/c1-2-6-3-8(11)10(4-6)7(9(12)13)5-17(14,15)16/h2,6-7H,1,3-5H2,(H,12,13)(H,14,15,16). The second kappa shape index (κ2) is 4.84. The summed E-state index contributed by atoms with van der Waals surface area (Å²) in [7, 11) is -4.45. The van der Waals surface area contributed by atoms with E-state index in [1.54, 1.807) is 0 Å². The molecule has 1 heterocycles. The summed E-state index contributed by atoms with van der Waals surface area (Å²) in [4.78, 5) is 23.4. The second-order valence-corrected chi connectivity index (χ2v) is 5.35. The lowest BCUT2D eigenvalue weighted by Gasteiger charge is -2.23. The fraction of sp³-hybridized carbons (Fsp3) is 0.556. The number of nitrogens with zero attached hydrogens (tertiary/aromatic N) is 1. The zero-order valence-corrected chi connectivity index (χ0v) is 9.76. The number of carbonyl (C=O) groups excluding carboxylic acids is 1. The molecule has 1 amide bonds. The van der Waals surface area contributed by atoms with Gasteiger partial charge in [-0.2, -0.15) is 8.42 Å². The fourth-order valence-corrected chi connectivity index (χ4v) is 2.44. The van der Waals surface area contributed by atoms with Gasteiger partial charge in [-0.25, -0.2) is 4.79 Å². The second-order valence-electron chi connectivity index (χ2n) is 3.85. The highest BCUT2D eigenvalue weighted by Crippen LogP contribution is 2.21.